The molecule has 0 radical (unpaired) electrons. The largest absolute Gasteiger partial charge is 0.467 e. The van der Waals surface area contributed by atoms with Gasteiger partial charge in [0.2, 0.25) is 5.95 Å². The minimum atomic E-state index is -0.818. The minimum Gasteiger partial charge on any atom is -0.467 e. The van der Waals surface area contributed by atoms with Crippen molar-refractivity contribution < 1.29 is 9.53 Å². The van der Waals surface area contributed by atoms with Crippen LogP contribution in [0.3, 0.4) is 0 Å². The molecule has 0 fully saturated rings. The fourth-order valence-corrected chi connectivity index (χ4v) is 5.41. The maximum absolute atomic E-state index is 13.5. The quantitative estimate of drug-likeness (QED) is 0.245. The number of H-pyrrole nitrogens is 2. The molecule has 0 aliphatic heterocycles. The van der Waals surface area contributed by atoms with Crippen LogP contribution in [0, 0.1) is 13.8 Å². The van der Waals surface area contributed by atoms with Gasteiger partial charge in [-0.3, -0.25) is 14.3 Å². The van der Waals surface area contributed by atoms with Gasteiger partial charge in [0, 0.05) is 48.3 Å². The zero-order chi connectivity index (χ0) is 30.1. The Balaban J connectivity index is 1.44. The SMILES string of the molecule is COC(=O)[C@H](Cc1cnc[nH]1)Nc1nccc(-n2cc(C3c4ccc(C)cc4C=Cc4cc(C)ccc43)c(=O)[nH]c2=O)n1. The molecule has 0 amide bonds. The molecule has 11 heteroatoms. The summed E-state index contributed by atoms with van der Waals surface area (Å²) in [7, 11) is 1.30. The van der Waals surface area contributed by atoms with Crippen molar-refractivity contribution in [3.63, 3.8) is 0 Å². The van der Waals surface area contributed by atoms with E-state index in [9.17, 15) is 14.4 Å². The van der Waals surface area contributed by atoms with Gasteiger partial charge in [0.25, 0.3) is 5.56 Å². The Bertz CT molecular complexity index is 1920. The number of anilines is 1. The van der Waals surface area contributed by atoms with Crippen LogP contribution in [-0.4, -0.2) is 48.6 Å². The normalized spacial score (nSPS) is 13.1. The van der Waals surface area contributed by atoms with Gasteiger partial charge in [-0.25, -0.2) is 19.6 Å². The van der Waals surface area contributed by atoms with Gasteiger partial charge < -0.3 is 15.0 Å². The molecule has 5 aromatic rings. The van der Waals surface area contributed by atoms with Crippen molar-refractivity contribution in [3.8, 4) is 5.82 Å². The fourth-order valence-electron chi connectivity index (χ4n) is 5.41. The summed E-state index contributed by atoms with van der Waals surface area (Å²) in [4.78, 5) is 57.3. The number of carbonyl (C=O) groups excluding carboxylic acids is 1. The Morgan fingerprint density at radius 2 is 1.72 bits per heavy atom. The van der Waals surface area contributed by atoms with Crippen LogP contribution in [0.4, 0.5) is 5.95 Å². The van der Waals surface area contributed by atoms with Crippen LogP contribution in [0.15, 0.2) is 77.0 Å². The van der Waals surface area contributed by atoms with Gasteiger partial charge in [0.1, 0.15) is 11.9 Å². The summed E-state index contributed by atoms with van der Waals surface area (Å²) in [6.45, 7) is 4.05. The second kappa shape index (κ2) is 11.4. The topological polar surface area (TPSA) is 148 Å². The number of methoxy groups -OCH3 is 1. The van der Waals surface area contributed by atoms with Crippen LogP contribution in [0.25, 0.3) is 18.0 Å². The molecule has 3 heterocycles. The number of fused-ring (bicyclic) bond motifs is 2. The number of rotatable bonds is 7. The first kappa shape index (κ1) is 27.6. The summed E-state index contributed by atoms with van der Waals surface area (Å²) in [6.07, 6.45) is 10.5. The van der Waals surface area contributed by atoms with E-state index in [1.54, 1.807) is 18.5 Å². The maximum Gasteiger partial charge on any atom is 0.334 e. The minimum absolute atomic E-state index is 0.104. The van der Waals surface area contributed by atoms with E-state index in [0.29, 0.717) is 11.3 Å². The van der Waals surface area contributed by atoms with E-state index in [4.69, 9.17) is 4.74 Å². The van der Waals surface area contributed by atoms with E-state index in [1.807, 2.05) is 38.1 Å². The number of aryl methyl sites for hydroxylation is 2. The predicted molar refractivity (Wildman–Crippen MR) is 162 cm³/mol. The molecule has 1 aliphatic rings. The Kier molecular flexibility index (Phi) is 7.29. The lowest BCUT2D eigenvalue weighted by Gasteiger charge is -2.21. The number of imidazole rings is 1. The molecule has 0 spiro atoms. The molecular weight excluding hydrogens is 546 g/mol. The average molecular weight is 576 g/mol. The third-order valence-electron chi connectivity index (χ3n) is 7.49. The third kappa shape index (κ3) is 5.52. The molecule has 3 aromatic heterocycles. The van der Waals surface area contributed by atoms with Crippen LogP contribution in [0.2, 0.25) is 0 Å². The molecule has 1 atom stereocenters. The van der Waals surface area contributed by atoms with E-state index < -0.39 is 29.2 Å². The average Bonchev–Trinajstić information content (AvgIpc) is 3.46. The second-order valence-corrected chi connectivity index (χ2v) is 10.5. The molecule has 11 nitrogen and oxygen atoms in total. The van der Waals surface area contributed by atoms with Crippen molar-refractivity contribution in [1.82, 2.24) is 29.5 Å². The van der Waals surface area contributed by atoms with Crippen LogP contribution in [0.5, 0.6) is 0 Å². The molecule has 0 bridgehead atoms. The molecule has 0 saturated carbocycles. The van der Waals surface area contributed by atoms with Crippen molar-refractivity contribution in [2.75, 3.05) is 12.4 Å². The molecule has 0 saturated heterocycles. The van der Waals surface area contributed by atoms with Gasteiger partial charge in [-0.15, -0.1) is 0 Å². The van der Waals surface area contributed by atoms with E-state index in [-0.39, 0.29) is 18.2 Å². The first-order valence-electron chi connectivity index (χ1n) is 13.7. The molecule has 6 rings (SSSR count). The number of nitrogens with zero attached hydrogens (tertiary/aromatic N) is 4. The third-order valence-corrected chi connectivity index (χ3v) is 7.49. The number of esters is 1. The number of aromatic nitrogens is 6. The standard InChI is InChI=1S/C32H29N7O4/c1-18-4-8-23-20(12-18)6-7-21-13-19(2)5-9-24(21)28(23)25-16-39(32(42)38-29(25)40)27-10-11-34-31(37-27)36-26(30(41)43-3)14-22-15-33-17-35-22/h4-13,15-17,26,28H,14H2,1-3H3,(H,33,35)(H,34,36,37)(H,38,40,42)/t26-/m0/s1. The number of benzene rings is 2. The summed E-state index contributed by atoms with van der Waals surface area (Å²) < 4.78 is 6.24. The number of aromatic amines is 2. The molecule has 0 unspecified atom stereocenters. The Morgan fingerprint density at radius 1 is 1.02 bits per heavy atom. The van der Waals surface area contributed by atoms with E-state index in [2.05, 4.69) is 54.5 Å². The van der Waals surface area contributed by atoms with E-state index >= 15 is 0 Å². The lowest BCUT2D eigenvalue weighted by atomic mass is 9.82. The number of hydrogen-bond acceptors (Lipinski definition) is 8. The summed E-state index contributed by atoms with van der Waals surface area (Å²) in [6, 6.07) is 13.0. The highest BCUT2D eigenvalue weighted by Crippen LogP contribution is 2.38. The fraction of sp³-hybridized carbons (Fsp3) is 0.188. The zero-order valence-corrected chi connectivity index (χ0v) is 23.8. The van der Waals surface area contributed by atoms with Crippen LogP contribution < -0.4 is 16.6 Å². The summed E-state index contributed by atoms with van der Waals surface area (Å²) in [5, 5.41) is 2.99. The van der Waals surface area contributed by atoms with Crippen molar-refractivity contribution in [2.24, 2.45) is 0 Å². The molecule has 2 aromatic carbocycles. The number of nitrogens with one attached hydrogen (secondary N) is 3. The van der Waals surface area contributed by atoms with Crippen molar-refractivity contribution in [1.29, 1.82) is 0 Å². The van der Waals surface area contributed by atoms with Gasteiger partial charge >= 0.3 is 11.7 Å². The Labute approximate surface area is 246 Å². The molecular formula is C32H29N7O4. The van der Waals surface area contributed by atoms with Gasteiger partial charge in [-0.05, 0) is 36.1 Å². The second-order valence-electron chi connectivity index (χ2n) is 10.5. The highest BCUT2D eigenvalue weighted by atomic mass is 16.5. The molecule has 43 heavy (non-hydrogen) atoms. The first-order valence-corrected chi connectivity index (χ1v) is 13.7. The smallest absolute Gasteiger partial charge is 0.334 e. The summed E-state index contributed by atoms with van der Waals surface area (Å²) in [5.41, 5.74) is 6.05. The van der Waals surface area contributed by atoms with Crippen molar-refractivity contribution >= 4 is 24.1 Å². The lowest BCUT2D eigenvalue weighted by molar-refractivity contribution is -0.141. The van der Waals surface area contributed by atoms with E-state index in [0.717, 1.165) is 33.4 Å². The lowest BCUT2D eigenvalue weighted by Crippen LogP contribution is -2.34. The van der Waals surface area contributed by atoms with E-state index in [1.165, 1.54) is 24.2 Å². The highest BCUT2D eigenvalue weighted by Gasteiger charge is 2.27. The first-order chi connectivity index (χ1) is 20.8. The summed E-state index contributed by atoms with van der Waals surface area (Å²) >= 11 is 0. The van der Waals surface area contributed by atoms with Gasteiger partial charge in [-0.1, -0.05) is 59.7 Å². The van der Waals surface area contributed by atoms with Gasteiger partial charge in [-0.2, -0.15) is 4.98 Å². The monoisotopic (exact) mass is 575 g/mol. The summed E-state index contributed by atoms with van der Waals surface area (Å²) in [5.74, 6) is -0.649. The molecule has 3 N–H and O–H groups in total. The number of carbonyl (C=O) groups is 1. The van der Waals surface area contributed by atoms with Crippen LogP contribution >= 0.6 is 0 Å². The molecule has 216 valence electrons. The van der Waals surface area contributed by atoms with Crippen molar-refractivity contribution in [2.45, 2.75) is 32.2 Å². The number of hydrogen-bond donors (Lipinski definition) is 3. The number of ether oxygens (including phenoxy) is 1. The van der Waals surface area contributed by atoms with Crippen molar-refractivity contribution in [3.05, 3.63) is 133 Å². The Hall–Kier alpha value is -5.58. The zero-order valence-electron chi connectivity index (χ0n) is 23.8. The molecule has 1 aliphatic carbocycles. The van der Waals surface area contributed by atoms with Gasteiger partial charge in [0.05, 0.1) is 13.4 Å². The van der Waals surface area contributed by atoms with Crippen LogP contribution in [0.1, 0.15) is 50.6 Å². The van der Waals surface area contributed by atoms with Crippen LogP contribution in [-0.2, 0) is 16.0 Å². The maximum atomic E-state index is 13.5. The predicted octanol–water partition coefficient (Wildman–Crippen LogP) is 3.52. The Morgan fingerprint density at radius 3 is 2.35 bits per heavy atom. The highest BCUT2D eigenvalue weighted by molar-refractivity contribution is 5.79. The van der Waals surface area contributed by atoms with Gasteiger partial charge in [0.15, 0.2) is 0 Å².